The van der Waals surface area contributed by atoms with Crippen LogP contribution in [0.3, 0.4) is 0 Å². The van der Waals surface area contributed by atoms with Gasteiger partial charge in [-0.3, -0.25) is 0 Å². The van der Waals surface area contributed by atoms with Crippen LogP contribution in [0.4, 0.5) is 0 Å². The zero-order valence-corrected chi connectivity index (χ0v) is 20.1. The number of benzene rings is 2. The molecular weight excluding hydrogens is 434 g/mol. The third-order valence-electron chi connectivity index (χ3n) is 6.55. The van der Waals surface area contributed by atoms with Crippen molar-refractivity contribution in [2.45, 2.75) is 25.2 Å². The molecular formula is C26H29N3O3S. The first-order chi connectivity index (χ1) is 15.9. The summed E-state index contributed by atoms with van der Waals surface area (Å²) in [6, 6.07) is 13.3. The molecule has 6 nitrogen and oxygen atoms in total. The normalized spacial score (nSPS) is 17.2. The van der Waals surface area contributed by atoms with Crippen molar-refractivity contribution in [1.29, 1.82) is 0 Å². The second-order valence-electron chi connectivity index (χ2n) is 9.05. The maximum Gasteiger partial charge on any atom is 0.178 e. The lowest BCUT2D eigenvalue weighted by Gasteiger charge is -2.14. The van der Waals surface area contributed by atoms with E-state index in [0.29, 0.717) is 17.4 Å². The fourth-order valence-corrected chi connectivity index (χ4v) is 5.65. The van der Waals surface area contributed by atoms with E-state index >= 15 is 0 Å². The number of hydrogen-bond acceptors (Lipinski definition) is 5. The van der Waals surface area contributed by atoms with Crippen LogP contribution >= 0.6 is 0 Å². The number of aryl methyl sites for hydroxylation is 1. The van der Waals surface area contributed by atoms with Gasteiger partial charge in [0.1, 0.15) is 11.4 Å². The van der Waals surface area contributed by atoms with Crippen LogP contribution in [0.1, 0.15) is 18.9 Å². The van der Waals surface area contributed by atoms with E-state index in [4.69, 9.17) is 4.74 Å². The van der Waals surface area contributed by atoms with Crippen LogP contribution in [0.15, 0.2) is 53.6 Å². The Morgan fingerprint density at radius 2 is 2.06 bits per heavy atom. The van der Waals surface area contributed by atoms with Crippen molar-refractivity contribution in [2.75, 3.05) is 32.5 Å². The van der Waals surface area contributed by atoms with Crippen molar-refractivity contribution in [3.8, 4) is 16.9 Å². The Morgan fingerprint density at radius 1 is 1.21 bits per heavy atom. The van der Waals surface area contributed by atoms with Crippen molar-refractivity contribution in [2.24, 2.45) is 5.92 Å². The van der Waals surface area contributed by atoms with E-state index in [2.05, 4.69) is 28.0 Å². The lowest BCUT2D eigenvalue weighted by atomic mass is 9.99. The summed E-state index contributed by atoms with van der Waals surface area (Å²) in [5.41, 5.74) is 4.59. The maximum atomic E-state index is 12.5. The van der Waals surface area contributed by atoms with Crippen LogP contribution in [0, 0.1) is 12.8 Å². The van der Waals surface area contributed by atoms with Crippen molar-refractivity contribution < 1.29 is 13.2 Å². The topological polar surface area (TPSA) is 75.3 Å². The monoisotopic (exact) mass is 463 g/mol. The van der Waals surface area contributed by atoms with E-state index in [9.17, 15) is 8.42 Å². The molecule has 1 N–H and O–H groups in total. The highest BCUT2D eigenvalue weighted by Crippen LogP contribution is 2.39. The highest BCUT2D eigenvalue weighted by Gasteiger charge is 2.22. The van der Waals surface area contributed by atoms with E-state index in [1.54, 1.807) is 19.1 Å². The highest BCUT2D eigenvalue weighted by atomic mass is 32.2. The Morgan fingerprint density at radius 3 is 2.82 bits per heavy atom. The predicted octanol–water partition coefficient (Wildman–Crippen LogP) is 4.82. The molecule has 5 rings (SSSR count). The molecule has 0 bridgehead atoms. The minimum atomic E-state index is -3.30. The van der Waals surface area contributed by atoms with Gasteiger partial charge in [0.2, 0.25) is 0 Å². The number of sulfone groups is 1. The molecule has 172 valence electrons. The summed E-state index contributed by atoms with van der Waals surface area (Å²) in [5.74, 6) is 1.40. The Labute approximate surface area is 194 Å². The van der Waals surface area contributed by atoms with Gasteiger partial charge < -0.3 is 14.6 Å². The van der Waals surface area contributed by atoms with Crippen LogP contribution < -0.4 is 4.74 Å². The molecule has 2 aromatic heterocycles. The summed E-state index contributed by atoms with van der Waals surface area (Å²) in [6.07, 6.45) is 2.99. The number of pyridine rings is 1. The van der Waals surface area contributed by atoms with Gasteiger partial charge in [0.05, 0.1) is 22.8 Å². The summed E-state index contributed by atoms with van der Waals surface area (Å²) < 4.78 is 31.3. The summed E-state index contributed by atoms with van der Waals surface area (Å²) in [6.45, 7) is 6.52. The summed E-state index contributed by atoms with van der Waals surface area (Å²) in [7, 11) is -1.15. The smallest absolute Gasteiger partial charge is 0.178 e. The van der Waals surface area contributed by atoms with Gasteiger partial charge in [-0.15, -0.1) is 0 Å². The van der Waals surface area contributed by atoms with Crippen LogP contribution in [0.5, 0.6) is 5.75 Å². The number of nitrogens with one attached hydrogen (secondary N) is 1. The lowest BCUT2D eigenvalue weighted by molar-refractivity contribution is 0.251. The number of aromatic nitrogens is 2. The van der Waals surface area contributed by atoms with E-state index in [-0.39, 0.29) is 5.75 Å². The number of aromatic amines is 1. The molecule has 0 unspecified atom stereocenters. The minimum absolute atomic E-state index is 0.0746. The largest absolute Gasteiger partial charge is 0.491 e. The van der Waals surface area contributed by atoms with Gasteiger partial charge in [-0.05, 0) is 74.0 Å². The van der Waals surface area contributed by atoms with Crippen molar-refractivity contribution in [1.82, 2.24) is 14.9 Å². The Bertz CT molecular complexity index is 1440. The minimum Gasteiger partial charge on any atom is -0.491 e. The Hall–Kier alpha value is -2.90. The number of likely N-dealkylation sites (tertiary alicyclic amines) is 1. The molecule has 1 saturated heterocycles. The first-order valence-electron chi connectivity index (χ1n) is 11.4. The molecule has 33 heavy (non-hydrogen) atoms. The Balaban J connectivity index is 1.65. The molecule has 0 aliphatic carbocycles. The zero-order valence-electron chi connectivity index (χ0n) is 19.3. The quantitative estimate of drug-likeness (QED) is 0.444. The molecule has 4 aromatic rings. The SMILES string of the molecule is CCS(=O)(=O)c1cccc(-c2ccc(OC[C@@H]3CCN(C)C3)c3[nH]c4ncc(C)cc4c23)c1. The zero-order chi connectivity index (χ0) is 23.2. The number of ether oxygens (including phenoxy) is 1. The van der Waals surface area contributed by atoms with E-state index in [0.717, 1.165) is 63.9 Å². The van der Waals surface area contributed by atoms with Gasteiger partial charge >= 0.3 is 0 Å². The second-order valence-corrected chi connectivity index (χ2v) is 11.3. The third kappa shape index (κ3) is 4.11. The Kier molecular flexibility index (Phi) is 5.62. The average Bonchev–Trinajstić information content (AvgIpc) is 3.41. The van der Waals surface area contributed by atoms with Gasteiger partial charge in [-0.1, -0.05) is 19.1 Å². The van der Waals surface area contributed by atoms with Gasteiger partial charge in [0.15, 0.2) is 9.84 Å². The molecule has 1 atom stereocenters. The van der Waals surface area contributed by atoms with Gasteiger partial charge in [0.25, 0.3) is 0 Å². The number of nitrogens with zero attached hydrogens (tertiary/aromatic N) is 2. The van der Waals surface area contributed by atoms with Crippen molar-refractivity contribution >= 4 is 31.8 Å². The first kappa shape index (κ1) is 21.9. The molecule has 7 heteroatoms. The number of rotatable bonds is 6. The third-order valence-corrected chi connectivity index (χ3v) is 8.28. The maximum absolute atomic E-state index is 12.5. The average molecular weight is 464 g/mol. The predicted molar refractivity (Wildman–Crippen MR) is 133 cm³/mol. The molecule has 0 spiro atoms. The number of hydrogen-bond donors (Lipinski definition) is 1. The first-order valence-corrected chi connectivity index (χ1v) is 13.1. The second kappa shape index (κ2) is 8.47. The summed E-state index contributed by atoms with van der Waals surface area (Å²) in [5, 5.41) is 2.02. The lowest BCUT2D eigenvalue weighted by Crippen LogP contribution is -2.18. The van der Waals surface area contributed by atoms with Crippen LogP contribution in [-0.2, 0) is 9.84 Å². The molecule has 0 saturated carbocycles. The molecule has 1 aliphatic rings. The van der Waals surface area contributed by atoms with Crippen LogP contribution in [0.25, 0.3) is 33.1 Å². The standard InChI is InChI=1S/C26H29N3O3S/c1-4-33(30,31)20-7-5-6-19(13-20)21-8-9-23(32-16-18-10-11-29(3)15-18)25-24(21)22-12-17(2)14-27-26(22)28-25/h5-9,12-14,18H,4,10-11,15-16H2,1-3H3,(H,27,28)/t18-/m1/s1. The van der Waals surface area contributed by atoms with Crippen LogP contribution in [0.2, 0.25) is 0 Å². The van der Waals surface area contributed by atoms with E-state index in [1.165, 1.54) is 0 Å². The molecule has 1 fully saturated rings. The fourth-order valence-electron chi connectivity index (χ4n) is 4.72. The number of H-pyrrole nitrogens is 1. The van der Waals surface area contributed by atoms with Gasteiger partial charge in [-0.25, -0.2) is 13.4 Å². The molecule has 0 radical (unpaired) electrons. The fraction of sp³-hybridized carbons (Fsp3) is 0.346. The highest BCUT2D eigenvalue weighted by molar-refractivity contribution is 7.91. The van der Waals surface area contributed by atoms with E-state index in [1.807, 2.05) is 37.4 Å². The van der Waals surface area contributed by atoms with Gasteiger partial charge in [0, 0.05) is 29.4 Å². The summed E-state index contributed by atoms with van der Waals surface area (Å²) >= 11 is 0. The van der Waals surface area contributed by atoms with Crippen LogP contribution in [-0.4, -0.2) is 55.8 Å². The molecule has 0 amide bonds. The molecule has 3 heterocycles. The molecule has 2 aromatic carbocycles. The van der Waals surface area contributed by atoms with Gasteiger partial charge in [-0.2, -0.15) is 0 Å². The summed E-state index contributed by atoms with van der Waals surface area (Å²) in [4.78, 5) is 10.7. The van der Waals surface area contributed by atoms with Crippen molar-refractivity contribution in [3.63, 3.8) is 0 Å². The molecule has 1 aliphatic heterocycles. The number of fused-ring (bicyclic) bond motifs is 3. The van der Waals surface area contributed by atoms with Crippen molar-refractivity contribution in [3.05, 3.63) is 54.2 Å². The van der Waals surface area contributed by atoms with E-state index < -0.39 is 9.84 Å².